The van der Waals surface area contributed by atoms with Gasteiger partial charge in [0.15, 0.2) is 5.96 Å². The molecule has 1 saturated heterocycles. The average molecular weight is 390 g/mol. The van der Waals surface area contributed by atoms with Gasteiger partial charge in [-0.3, -0.25) is 4.99 Å². The predicted molar refractivity (Wildman–Crippen MR) is 97.7 cm³/mol. The number of aliphatic imine (C=N–C) groups is 1. The number of nitrogens with one attached hydrogen (secondary N) is 1. The highest BCUT2D eigenvalue weighted by Gasteiger charge is 2.27. The molecule has 9 heteroatoms. The molecule has 0 spiro atoms. The normalized spacial score (nSPS) is 16.0. The molecule has 27 heavy (non-hydrogen) atoms. The van der Waals surface area contributed by atoms with E-state index >= 15 is 0 Å². The van der Waals surface area contributed by atoms with E-state index in [4.69, 9.17) is 0 Å². The van der Waals surface area contributed by atoms with Crippen LogP contribution in [0.3, 0.4) is 0 Å². The number of ether oxygens (including phenoxy) is 1. The second kappa shape index (κ2) is 10.3. The number of hydrogen-bond donors (Lipinski definition) is 1. The molecule has 0 atom stereocenters. The van der Waals surface area contributed by atoms with Crippen molar-refractivity contribution < 1.29 is 22.3 Å². The minimum absolute atomic E-state index is 0.0285. The van der Waals surface area contributed by atoms with Gasteiger partial charge in [0.25, 0.3) is 0 Å². The van der Waals surface area contributed by atoms with Crippen molar-refractivity contribution in [2.75, 3.05) is 57.4 Å². The second-order valence-electron chi connectivity index (χ2n) is 6.21. The quantitative estimate of drug-likeness (QED) is 0.336. The van der Waals surface area contributed by atoms with E-state index in [1.807, 2.05) is 6.92 Å². The van der Waals surface area contributed by atoms with Crippen molar-refractivity contribution in [1.82, 2.24) is 10.2 Å². The van der Waals surface area contributed by atoms with E-state index in [1.165, 1.54) is 12.1 Å². The fourth-order valence-corrected chi connectivity index (χ4v) is 2.79. The Labute approximate surface area is 157 Å². The van der Waals surface area contributed by atoms with Gasteiger partial charge >= 0.3 is 6.18 Å². The van der Waals surface area contributed by atoms with E-state index in [0.717, 1.165) is 37.8 Å². The van der Waals surface area contributed by atoms with Crippen molar-refractivity contribution in [2.24, 2.45) is 4.99 Å². The van der Waals surface area contributed by atoms with Gasteiger partial charge in [-0.05, 0) is 37.6 Å². The van der Waals surface area contributed by atoms with Gasteiger partial charge in [-0.1, -0.05) is 0 Å². The summed E-state index contributed by atoms with van der Waals surface area (Å²) in [6.45, 7) is 4.97. The number of anilines is 1. The standard InChI is InChI=1S/C18H26F4N4O/c1-2-23-17(24-8-3-13-27-14-18(20,21)22)26-11-9-25(10-12-26)16-6-4-15(19)5-7-16/h4-7H,2-3,8-14H2,1H3,(H,23,24). The molecule has 0 aliphatic carbocycles. The van der Waals surface area contributed by atoms with Crippen molar-refractivity contribution in [3.63, 3.8) is 0 Å². The summed E-state index contributed by atoms with van der Waals surface area (Å²) < 4.78 is 53.7. The maximum Gasteiger partial charge on any atom is 0.411 e. The van der Waals surface area contributed by atoms with Crippen LogP contribution in [0.1, 0.15) is 13.3 Å². The molecule has 0 amide bonds. The van der Waals surface area contributed by atoms with Gasteiger partial charge in [-0.15, -0.1) is 0 Å². The molecule has 1 N–H and O–H groups in total. The highest BCUT2D eigenvalue weighted by atomic mass is 19.4. The monoisotopic (exact) mass is 390 g/mol. The summed E-state index contributed by atoms with van der Waals surface area (Å²) in [5, 5.41) is 3.22. The molecule has 0 aromatic heterocycles. The summed E-state index contributed by atoms with van der Waals surface area (Å²) in [4.78, 5) is 8.79. The van der Waals surface area contributed by atoms with Gasteiger partial charge in [-0.25, -0.2) is 4.39 Å². The molecule has 0 radical (unpaired) electrons. The zero-order valence-electron chi connectivity index (χ0n) is 15.4. The fourth-order valence-electron chi connectivity index (χ4n) is 2.79. The number of halogens is 4. The molecule has 1 aliphatic rings. The molecule has 1 aromatic rings. The molecule has 152 valence electrons. The van der Waals surface area contributed by atoms with Crippen LogP contribution in [0.25, 0.3) is 0 Å². The Kier molecular flexibility index (Phi) is 8.15. The molecular weight excluding hydrogens is 364 g/mol. The van der Waals surface area contributed by atoms with E-state index in [2.05, 4.69) is 24.8 Å². The number of alkyl halides is 3. The topological polar surface area (TPSA) is 40.1 Å². The van der Waals surface area contributed by atoms with Crippen LogP contribution >= 0.6 is 0 Å². The summed E-state index contributed by atoms with van der Waals surface area (Å²) in [7, 11) is 0. The first-order chi connectivity index (χ1) is 12.9. The maximum atomic E-state index is 13.0. The highest BCUT2D eigenvalue weighted by molar-refractivity contribution is 5.80. The SMILES string of the molecule is CCNC(=NCCCOCC(F)(F)F)N1CCN(c2ccc(F)cc2)CC1. The van der Waals surface area contributed by atoms with Gasteiger partial charge in [0.2, 0.25) is 0 Å². The van der Waals surface area contributed by atoms with Crippen LogP contribution in [0.5, 0.6) is 0 Å². The van der Waals surface area contributed by atoms with E-state index in [0.29, 0.717) is 19.5 Å². The van der Waals surface area contributed by atoms with Gasteiger partial charge in [0.1, 0.15) is 12.4 Å². The lowest BCUT2D eigenvalue weighted by molar-refractivity contribution is -0.173. The number of piperazine rings is 1. The largest absolute Gasteiger partial charge is 0.411 e. The Balaban J connectivity index is 1.78. The lowest BCUT2D eigenvalue weighted by atomic mass is 10.2. The summed E-state index contributed by atoms with van der Waals surface area (Å²) in [5.41, 5.74) is 0.986. The van der Waals surface area contributed by atoms with Crippen LogP contribution in [-0.2, 0) is 4.74 Å². The third-order valence-electron chi connectivity index (χ3n) is 4.08. The average Bonchev–Trinajstić information content (AvgIpc) is 2.63. The van der Waals surface area contributed by atoms with Gasteiger partial charge in [-0.2, -0.15) is 13.2 Å². The predicted octanol–water partition coefficient (Wildman–Crippen LogP) is 2.88. The number of rotatable bonds is 7. The summed E-state index contributed by atoms with van der Waals surface area (Å²) in [6, 6.07) is 6.44. The first kappa shape index (κ1) is 21.3. The molecule has 0 bridgehead atoms. The molecular formula is C18H26F4N4O. The lowest BCUT2D eigenvalue weighted by Crippen LogP contribution is -2.52. The Bertz CT molecular complexity index is 584. The van der Waals surface area contributed by atoms with Crippen molar-refractivity contribution in [3.8, 4) is 0 Å². The Morgan fingerprint density at radius 3 is 2.41 bits per heavy atom. The first-order valence-corrected chi connectivity index (χ1v) is 9.07. The molecule has 1 aliphatic heterocycles. The van der Waals surface area contributed by atoms with Crippen molar-refractivity contribution in [3.05, 3.63) is 30.1 Å². The van der Waals surface area contributed by atoms with E-state index in [-0.39, 0.29) is 12.4 Å². The minimum atomic E-state index is -4.29. The van der Waals surface area contributed by atoms with Crippen LogP contribution in [0.4, 0.5) is 23.2 Å². The van der Waals surface area contributed by atoms with Gasteiger partial charge in [0.05, 0.1) is 0 Å². The van der Waals surface area contributed by atoms with Crippen LogP contribution in [0.15, 0.2) is 29.3 Å². The summed E-state index contributed by atoms with van der Waals surface area (Å²) in [5.74, 6) is 0.505. The number of guanidine groups is 1. The zero-order chi connectivity index (χ0) is 19.7. The van der Waals surface area contributed by atoms with Crippen LogP contribution < -0.4 is 10.2 Å². The molecule has 1 heterocycles. The fraction of sp³-hybridized carbons (Fsp3) is 0.611. The van der Waals surface area contributed by atoms with Crippen molar-refractivity contribution >= 4 is 11.6 Å². The molecule has 0 saturated carbocycles. The second-order valence-corrected chi connectivity index (χ2v) is 6.21. The van der Waals surface area contributed by atoms with Crippen molar-refractivity contribution in [1.29, 1.82) is 0 Å². The maximum absolute atomic E-state index is 13.0. The van der Waals surface area contributed by atoms with E-state index in [9.17, 15) is 17.6 Å². The third-order valence-corrected chi connectivity index (χ3v) is 4.08. The van der Waals surface area contributed by atoms with Crippen LogP contribution in [0.2, 0.25) is 0 Å². The van der Waals surface area contributed by atoms with Crippen molar-refractivity contribution in [2.45, 2.75) is 19.5 Å². The highest BCUT2D eigenvalue weighted by Crippen LogP contribution is 2.17. The Morgan fingerprint density at radius 2 is 1.81 bits per heavy atom. The van der Waals surface area contributed by atoms with Gasteiger partial charge in [0, 0.05) is 51.6 Å². The number of benzene rings is 1. The molecule has 5 nitrogen and oxygen atoms in total. The smallest absolute Gasteiger partial charge is 0.372 e. The number of hydrogen-bond acceptors (Lipinski definition) is 3. The molecule has 1 fully saturated rings. The molecule has 0 unspecified atom stereocenters. The van der Waals surface area contributed by atoms with Crippen LogP contribution in [0, 0.1) is 5.82 Å². The zero-order valence-corrected chi connectivity index (χ0v) is 15.4. The summed E-state index contributed by atoms with van der Waals surface area (Å²) >= 11 is 0. The summed E-state index contributed by atoms with van der Waals surface area (Å²) in [6.07, 6.45) is -3.86. The lowest BCUT2D eigenvalue weighted by Gasteiger charge is -2.37. The van der Waals surface area contributed by atoms with Crippen LogP contribution in [-0.4, -0.2) is 69.5 Å². The molecule has 1 aromatic carbocycles. The molecule has 2 rings (SSSR count). The third kappa shape index (κ3) is 7.62. The van der Waals surface area contributed by atoms with E-state index < -0.39 is 12.8 Å². The van der Waals surface area contributed by atoms with Gasteiger partial charge < -0.3 is 19.9 Å². The first-order valence-electron chi connectivity index (χ1n) is 9.07. The number of nitrogens with zero attached hydrogens (tertiary/aromatic N) is 3. The van der Waals surface area contributed by atoms with E-state index in [1.54, 1.807) is 12.1 Å². The minimum Gasteiger partial charge on any atom is -0.372 e. The Morgan fingerprint density at radius 1 is 1.15 bits per heavy atom. The Hall–Kier alpha value is -2.03.